The second-order valence-corrected chi connectivity index (χ2v) is 5.81. The van der Waals surface area contributed by atoms with Gasteiger partial charge < -0.3 is 11.5 Å². The summed E-state index contributed by atoms with van der Waals surface area (Å²) in [6.07, 6.45) is 0. The Morgan fingerprint density at radius 3 is 2.47 bits per heavy atom. The quantitative estimate of drug-likeness (QED) is 0.717. The van der Waals surface area contributed by atoms with Gasteiger partial charge >= 0.3 is 0 Å². The standard InChI is InChI=1S/C11H17N3O3S.ClH/c1-7-3-4-9(5-10(7)11(13)15)18(16,17)14-8(2)6-12;/h3-5,8,14H,6,12H2,1-2H3,(H2,13,15);1H/t8-;/m1./s1. The number of hydrogen-bond donors (Lipinski definition) is 3. The zero-order valence-electron chi connectivity index (χ0n) is 10.7. The Bertz CT molecular complexity index is 560. The lowest BCUT2D eigenvalue weighted by molar-refractivity contribution is 0.0999. The van der Waals surface area contributed by atoms with Crippen LogP contribution in [0.5, 0.6) is 0 Å². The lowest BCUT2D eigenvalue weighted by atomic mass is 10.1. The summed E-state index contributed by atoms with van der Waals surface area (Å²) >= 11 is 0. The number of benzene rings is 1. The number of rotatable bonds is 5. The van der Waals surface area contributed by atoms with E-state index in [9.17, 15) is 13.2 Å². The molecule has 0 saturated heterocycles. The number of carbonyl (C=O) groups is 1. The minimum Gasteiger partial charge on any atom is -0.366 e. The molecule has 108 valence electrons. The highest BCUT2D eigenvalue weighted by Gasteiger charge is 2.18. The molecule has 8 heteroatoms. The lowest BCUT2D eigenvalue weighted by Gasteiger charge is -2.13. The first-order chi connectivity index (χ1) is 8.27. The normalized spacial score (nSPS) is 12.6. The van der Waals surface area contributed by atoms with E-state index in [1.54, 1.807) is 19.9 Å². The average Bonchev–Trinajstić information content (AvgIpc) is 2.28. The predicted octanol–water partition coefficient (Wildman–Crippen LogP) is 0.141. The number of hydrogen-bond acceptors (Lipinski definition) is 4. The van der Waals surface area contributed by atoms with E-state index < -0.39 is 15.9 Å². The van der Waals surface area contributed by atoms with Crippen molar-refractivity contribution in [1.29, 1.82) is 0 Å². The van der Waals surface area contributed by atoms with Crippen molar-refractivity contribution in [3.8, 4) is 0 Å². The van der Waals surface area contributed by atoms with Crippen LogP contribution < -0.4 is 16.2 Å². The van der Waals surface area contributed by atoms with Gasteiger partial charge in [-0.2, -0.15) is 0 Å². The Balaban J connectivity index is 0.00000324. The summed E-state index contributed by atoms with van der Waals surface area (Å²) in [5.74, 6) is -0.656. The minimum atomic E-state index is -3.68. The maximum Gasteiger partial charge on any atom is 0.249 e. The van der Waals surface area contributed by atoms with Gasteiger partial charge in [0.25, 0.3) is 0 Å². The van der Waals surface area contributed by atoms with Gasteiger partial charge in [-0.1, -0.05) is 6.07 Å². The number of primary amides is 1. The maximum atomic E-state index is 12.0. The molecule has 6 nitrogen and oxygen atoms in total. The van der Waals surface area contributed by atoms with Crippen LogP contribution in [0.2, 0.25) is 0 Å². The van der Waals surface area contributed by atoms with Gasteiger partial charge in [-0.05, 0) is 31.5 Å². The number of nitrogens with one attached hydrogen (secondary N) is 1. The molecule has 0 saturated carbocycles. The van der Waals surface area contributed by atoms with E-state index in [0.29, 0.717) is 5.56 Å². The van der Waals surface area contributed by atoms with Gasteiger partial charge in [0.2, 0.25) is 15.9 Å². The van der Waals surface area contributed by atoms with Crippen molar-refractivity contribution >= 4 is 28.3 Å². The van der Waals surface area contributed by atoms with Gasteiger partial charge in [-0.3, -0.25) is 4.79 Å². The molecule has 0 spiro atoms. The van der Waals surface area contributed by atoms with Crippen LogP contribution in [0.3, 0.4) is 0 Å². The Morgan fingerprint density at radius 2 is 2.00 bits per heavy atom. The molecule has 1 atom stereocenters. The van der Waals surface area contributed by atoms with Gasteiger partial charge in [0.15, 0.2) is 0 Å². The van der Waals surface area contributed by atoms with E-state index in [1.165, 1.54) is 12.1 Å². The van der Waals surface area contributed by atoms with Crippen molar-refractivity contribution in [3.05, 3.63) is 29.3 Å². The summed E-state index contributed by atoms with van der Waals surface area (Å²) in [5, 5.41) is 0. The lowest BCUT2D eigenvalue weighted by Crippen LogP contribution is -2.37. The van der Waals surface area contributed by atoms with Crippen molar-refractivity contribution in [2.75, 3.05) is 6.54 Å². The Kier molecular flexibility index (Phi) is 6.44. The first kappa shape index (κ1) is 17.8. The zero-order chi connectivity index (χ0) is 13.9. The summed E-state index contributed by atoms with van der Waals surface area (Å²) < 4.78 is 26.3. The van der Waals surface area contributed by atoms with Crippen molar-refractivity contribution < 1.29 is 13.2 Å². The number of nitrogens with two attached hydrogens (primary N) is 2. The molecular formula is C11H18ClN3O3S. The highest BCUT2D eigenvalue weighted by atomic mass is 35.5. The summed E-state index contributed by atoms with van der Waals surface area (Å²) in [7, 11) is -3.68. The monoisotopic (exact) mass is 307 g/mol. The Labute approximate surface area is 119 Å². The second-order valence-electron chi connectivity index (χ2n) is 4.10. The highest BCUT2D eigenvalue weighted by molar-refractivity contribution is 7.89. The highest BCUT2D eigenvalue weighted by Crippen LogP contribution is 2.15. The molecule has 19 heavy (non-hydrogen) atoms. The van der Waals surface area contributed by atoms with Gasteiger partial charge in [0, 0.05) is 18.2 Å². The van der Waals surface area contributed by atoms with Crippen LogP contribution in [-0.2, 0) is 10.0 Å². The average molecular weight is 308 g/mol. The van der Waals surface area contributed by atoms with Crippen LogP contribution in [0.15, 0.2) is 23.1 Å². The fourth-order valence-electron chi connectivity index (χ4n) is 1.41. The third-order valence-electron chi connectivity index (χ3n) is 2.49. The number of halogens is 1. The van der Waals surface area contributed by atoms with Crippen LogP contribution in [0.4, 0.5) is 0 Å². The molecule has 0 aliphatic rings. The third-order valence-corrected chi connectivity index (χ3v) is 4.08. The fourth-order valence-corrected chi connectivity index (χ4v) is 2.70. The number of sulfonamides is 1. The molecule has 0 unspecified atom stereocenters. The van der Waals surface area contributed by atoms with E-state index in [2.05, 4.69) is 4.72 Å². The number of aryl methyl sites for hydroxylation is 1. The molecular weight excluding hydrogens is 290 g/mol. The first-order valence-corrected chi connectivity index (χ1v) is 6.89. The summed E-state index contributed by atoms with van der Waals surface area (Å²) in [4.78, 5) is 11.2. The molecule has 0 heterocycles. The van der Waals surface area contributed by atoms with Gasteiger partial charge in [0.1, 0.15) is 0 Å². The van der Waals surface area contributed by atoms with Gasteiger partial charge in [-0.15, -0.1) is 12.4 Å². The van der Waals surface area contributed by atoms with E-state index in [0.717, 1.165) is 0 Å². The van der Waals surface area contributed by atoms with Crippen LogP contribution in [0.25, 0.3) is 0 Å². The smallest absolute Gasteiger partial charge is 0.249 e. The van der Waals surface area contributed by atoms with Crippen LogP contribution in [-0.4, -0.2) is 26.9 Å². The molecule has 0 radical (unpaired) electrons. The van der Waals surface area contributed by atoms with Crippen LogP contribution >= 0.6 is 12.4 Å². The molecule has 1 rings (SSSR count). The summed E-state index contributed by atoms with van der Waals surface area (Å²) in [6.45, 7) is 3.53. The molecule has 0 aliphatic carbocycles. The van der Waals surface area contributed by atoms with E-state index >= 15 is 0 Å². The largest absolute Gasteiger partial charge is 0.366 e. The molecule has 1 aromatic rings. The molecule has 1 aromatic carbocycles. The zero-order valence-corrected chi connectivity index (χ0v) is 12.3. The summed E-state index contributed by atoms with van der Waals surface area (Å²) in [6, 6.07) is 3.85. The van der Waals surface area contributed by atoms with E-state index in [4.69, 9.17) is 11.5 Å². The van der Waals surface area contributed by atoms with Crippen molar-refractivity contribution in [2.45, 2.75) is 24.8 Å². The van der Waals surface area contributed by atoms with Gasteiger partial charge in [0.05, 0.1) is 4.90 Å². The third kappa shape index (κ3) is 4.46. The summed E-state index contributed by atoms with van der Waals surface area (Å²) in [5.41, 5.74) is 11.4. The number of amides is 1. The number of carbonyl (C=O) groups excluding carboxylic acids is 1. The van der Waals surface area contributed by atoms with Crippen molar-refractivity contribution in [2.24, 2.45) is 11.5 Å². The molecule has 1 amide bonds. The molecule has 0 bridgehead atoms. The van der Waals surface area contributed by atoms with E-state index in [-0.39, 0.29) is 35.5 Å². The Morgan fingerprint density at radius 1 is 1.42 bits per heavy atom. The molecule has 0 aliphatic heterocycles. The predicted molar refractivity (Wildman–Crippen MR) is 75.8 cm³/mol. The molecule has 0 aromatic heterocycles. The van der Waals surface area contributed by atoms with Gasteiger partial charge in [-0.25, -0.2) is 13.1 Å². The van der Waals surface area contributed by atoms with Crippen LogP contribution in [0.1, 0.15) is 22.8 Å². The minimum absolute atomic E-state index is 0. The second kappa shape index (κ2) is 6.85. The van der Waals surface area contributed by atoms with E-state index in [1.807, 2.05) is 0 Å². The molecule has 0 fully saturated rings. The SMILES string of the molecule is Cc1ccc(S(=O)(=O)N[C@H](C)CN)cc1C(N)=O.Cl. The van der Waals surface area contributed by atoms with Crippen molar-refractivity contribution in [1.82, 2.24) is 4.72 Å². The fraction of sp³-hybridized carbons (Fsp3) is 0.364. The Hall–Kier alpha value is -1.15. The van der Waals surface area contributed by atoms with Crippen LogP contribution in [0, 0.1) is 6.92 Å². The first-order valence-electron chi connectivity index (χ1n) is 5.40. The van der Waals surface area contributed by atoms with Crippen molar-refractivity contribution in [3.63, 3.8) is 0 Å². The molecule has 5 N–H and O–H groups in total. The topological polar surface area (TPSA) is 115 Å². The maximum absolute atomic E-state index is 12.0.